The van der Waals surface area contributed by atoms with E-state index in [9.17, 15) is 10.1 Å². The molecule has 1 aromatic heterocycles. The predicted octanol–water partition coefficient (Wildman–Crippen LogP) is 2.44. The largest absolute Gasteiger partial charge is 0.495 e. The molecule has 0 amide bonds. The van der Waals surface area contributed by atoms with Gasteiger partial charge in [0.2, 0.25) is 5.16 Å². The molecule has 0 fully saturated rings. The van der Waals surface area contributed by atoms with Crippen LogP contribution in [0.1, 0.15) is 12.7 Å². The SMILES string of the molecule is CCc1nc(Sc2ccc([N+](=O)[O-])cc2OC)n[nH]1. The number of rotatable bonds is 5. The summed E-state index contributed by atoms with van der Waals surface area (Å²) in [5.74, 6) is 1.23. The molecular formula is C11H12N4O3S. The Balaban J connectivity index is 2.26. The lowest BCUT2D eigenvalue weighted by Gasteiger charge is -2.05. The van der Waals surface area contributed by atoms with Crippen LogP contribution in [-0.4, -0.2) is 27.2 Å². The number of benzene rings is 1. The van der Waals surface area contributed by atoms with Crippen LogP contribution in [0.4, 0.5) is 5.69 Å². The van der Waals surface area contributed by atoms with Crippen molar-refractivity contribution in [1.29, 1.82) is 0 Å². The highest BCUT2D eigenvalue weighted by atomic mass is 32.2. The van der Waals surface area contributed by atoms with Gasteiger partial charge in [-0.05, 0) is 17.8 Å². The van der Waals surface area contributed by atoms with E-state index in [1.54, 1.807) is 6.07 Å². The van der Waals surface area contributed by atoms with Crippen molar-refractivity contribution < 1.29 is 9.66 Å². The first kappa shape index (κ1) is 13.3. The number of H-pyrrole nitrogens is 1. The molecule has 8 heteroatoms. The Morgan fingerprint density at radius 1 is 1.53 bits per heavy atom. The van der Waals surface area contributed by atoms with E-state index in [4.69, 9.17) is 4.74 Å². The normalized spacial score (nSPS) is 10.4. The second kappa shape index (κ2) is 5.70. The van der Waals surface area contributed by atoms with Crippen molar-refractivity contribution in [1.82, 2.24) is 15.2 Å². The van der Waals surface area contributed by atoms with E-state index in [0.717, 1.165) is 17.1 Å². The molecule has 0 unspecified atom stereocenters. The van der Waals surface area contributed by atoms with Gasteiger partial charge in [0.1, 0.15) is 11.6 Å². The molecule has 0 saturated heterocycles. The zero-order valence-corrected chi connectivity index (χ0v) is 11.2. The highest BCUT2D eigenvalue weighted by Crippen LogP contribution is 2.35. The maximum Gasteiger partial charge on any atom is 0.273 e. The molecule has 1 N–H and O–H groups in total. The average molecular weight is 280 g/mol. The molecule has 0 spiro atoms. The number of nitrogens with zero attached hydrogens (tertiary/aromatic N) is 3. The lowest BCUT2D eigenvalue weighted by atomic mass is 10.3. The standard InChI is InChI=1S/C11H12N4O3S/c1-3-10-12-11(14-13-10)19-9-5-4-7(15(16)17)6-8(9)18-2/h4-6H,3H2,1-2H3,(H,12,13,14). The molecule has 7 nitrogen and oxygen atoms in total. The van der Waals surface area contributed by atoms with Crippen LogP contribution in [0.25, 0.3) is 0 Å². The third-order valence-electron chi connectivity index (χ3n) is 2.41. The fourth-order valence-corrected chi connectivity index (χ4v) is 2.26. The second-order valence-electron chi connectivity index (χ2n) is 3.61. The second-order valence-corrected chi connectivity index (χ2v) is 4.62. The number of non-ortho nitro benzene ring substituents is 1. The maximum atomic E-state index is 10.7. The zero-order valence-electron chi connectivity index (χ0n) is 10.4. The number of nitro benzene ring substituents is 1. The number of hydrogen-bond donors (Lipinski definition) is 1. The van der Waals surface area contributed by atoms with Gasteiger partial charge in [0.25, 0.3) is 5.69 Å². The summed E-state index contributed by atoms with van der Waals surface area (Å²) in [5, 5.41) is 18.1. The summed E-state index contributed by atoms with van der Waals surface area (Å²) < 4.78 is 5.15. The molecule has 0 radical (unpaired) electrons. The summed E-state index contributed by atoms with van der Waals surface area (Å²) in [6, 6.07) is 4.44. The Hall–Kier alpha value is -2.09. The number of hydrogen-bond acceptors (Lipinski definition) is 6. The zero-order chi connectivity index (χ0) is 13.8. The van der Waals surface area contributed by atoms with Crippen molar-refractivity contribution in [3.8, 4) is 5.75 Å². The first-order valence-corrected chi connectivity index (χ1v) is 6.37. The minimum atomic E-state index is -0.459. The first-order chi connectivity index (χ1) is 9.13. The van der Waals surface area contributed by atoms with Crippen molar-refractivity contribution in [2.75, 3.05) is 7.11 Å². The monoisotopic (exact) mass is 280 g/mol. The predicted molar refractivity (Wildman–Crippen MR) is 69.5 cm³/mol. The van der Waals surface area contributed by atoms with E-state index >= 15 is 0 Å². The molecule has 0 aliphatic heterocycles. The van der Waals surface area contributed by atoms with Crippen LogP contribution in [0.5, 0.6) is 5.75 Å². The number of nitrogens with one attached hydrogen (secondary N) is 1. The molecular weight excluding hydrogens is 268 g/mol. The van der Waals surface area contributed by atoms with E-state index in [2.05, 4.69) is 15.2 Å². The fraction of sp³-hybridized carbons (Fsp3) is 0.273. The van der Waals surface area contributed by atoms with Gasteiger partial charge >= 0.3 is 0 Å². The van der Waals surface area contributed by atoms with Crippen LogP contribution in [0, 0.1) is 10.1 Å². The number of nitro groups is 1. The van der Waals surface area contributed by atoms with Crippen molar-refractivity contribution >= 4 is 17.4 Å². The summed E-state index contributed by atoms with van der Waals surface area (Å²) >= 11 is 1.29. The molecule has 0 bridgehead atoms. The minimum Gasteiger partial charge on any atom is -0.495 e. The molecule has 0 aliphatic rings. The van der Waals surface area contributed by atoms with Crippen LogP contribution >= 0.6 is 11.8 Å². The molecule has 19 heavy (non-hydrogen) atoms. The summed E-state index contributed by atoms with van der Waals surface area (Å²) in [5.41, 5.74) is -0.00886. The Morgan fingerprint density at radius 3 is 2.89 bits per heavy atom. The third kappa shape index (κ3) is 3.02. The van der Waals surface area contributed by atoms with Gasteiger partial charge in [0, 0.05) is 12.5 Å². The fourth-order valence-electron chi connectivity index (χ4n) is 1.43. The average Bonchev–Trinajstić information content (AvgIpc) is 2.86. The van der Waals surface area contributed by atoms with Gasteiger partial charge in [-0.25, -0.2) is 4.98 Å². The van der Waals surface area contributed by atoms with Crippen LogP contribution in [0.2, 0.25) is 0 Å². The van der Waals surface area contributed by atoms with E-state index in [1.807, 2.05) is 6.92 Å². The lowest BCUT2D eigenvalue weighted by molar-refractivity contribution is -0.385. The molecule has 100 valence electrons. The highest BCUT2D eigenvalue weighted by Gasteiger charge is 2.14. The minimum absolute atomic E-state index is 0.00886. The van der Waals surface area contributed by atoms with Crippen molar-refractivity contribution in [3.05, 3.63) is 34.1 Å². The molecule has 2 aromatic rings. The van der Waals surface area contributed by atoms with Crippen molar-refractivity contribution in [2.45, 2.75) is 23.4 Å². The number of aryl methyl sites for hydroxylation is 1. The van der Waals surface area contributed by atoms with Gasteiger partial charge in [-0.2, -0.15) is 0 Å². The first-order valence-electron chi connectivity index (χ1n) is 5.55. The Labute approximate surface area is 113 Å². The Bertz CT molecular complexity index is 599. The van der Waals surface area contributed by atoms with Crippen molar-refractivity contribution in [3.63, 3.8) is 0 Å². The lowest BCUT2D eigenvalue weighted by Crippen LogP contribution is -1.92. The Morgan fingerprint density at radius 2 is 2.32 bits per heavy atom. The van der Waals surface area contributed by atoms with Gasteiger partial charge in [-0.3, -0.25) is 15.2 Å². The van der Waals surface area contributed by atoms with Gasteiger partial charge in [-0.15, -0.1) is 5.10 Å². The third-order valence-corrected chi connectivity index (χ3v) is 3.33. The summed E-state index contributed by atoms with van der Waals surface area (Å²) in [4.78, 5) is 15.2. The molecule has 0 saturated carbocycles. The highest BCUT2D eigenvalue weighted by molar-refractivity contribution is 7.99. The quantitative estimate of drug-likeness (QED) is 0.667. The maximum absolute atomic E-state index is 10.7. The molecule has 1 aromatic carbocycles. The van der Waals surface area contributed by atoms with Crippen LogP contribution in [0.15, 0.2) is 28.3 Å². The molecule has 0 aliphatic carbocycles. The van der Waals surface area contributed by atoms with Crippen LogP contribution < -0.4 is 4.74 Å². The number of methoxy groups -OCH3 is 1. The van der Waals surface area contributed by atoms with Crippen molar-refractivity contribution in [2.24, 2.45) is 0 Å². The molecule has 1 heterocycles. The van der Waals surface area contributed by atoms with Gasteiger partial charge in [0.05, 0.1) is 23.0 Å². The molecule has 0 atom stereocenters. The number of aromatic nitrogens is 3. The topological polar surface area (TPSA) is 93.9 Å². The summed E-state index contributed by atoms with van der Waals surface area (Å²) in [6.45, 7) is 1.97. The Kier molecular flexibility index (Phi) is 4.00. The number of ether oxygens (including phenoxy) is 1. The summed E-state index contributed by atoms with van der Waals surface area (Å²) in [7, 11) is 1.47. The number of aromatic amines is 1. The van der Waals surface area contributed by atoms with Gasteiger partial charge < -0.3 is 4.74 Å². The van der Waals surface area contributed by atoms with Gasteiger partial charge in [0.15, 0.2) is 0 Å². The van der Waals surface area contributed by atoms with E-state index in [1.165, 1.54) is 31.0 Å². The van der Waals surface area contributed by atoms with Gasteiger partial charge in [-0.1, -0.05) is 6.92 Å². The van der Waals surface area contributed by atoms with E-state index < -0.39 is 4.92 Å². The molecule has 2 rings (SSSR count). The smallest absolute Gasteiger partial charge is 0.273 e. The van der Waals surface area contributed by atoms with Crippen LogP contribution in [0.3, 0.4) is 0 Å². The van der Waals surface area contributed by atoms with E-state index in [-0.39, 0.29) is 5.69 Å². The van der Waals surface area contributed by atoms with E-state index in [0.29, 0.717) is 10.9 Å². The van der Waals surface area contributed by atoms with Crippen LogP contribution in [-0.2, 0) is 6.42 Å². The summed E-state index contributed by atoms with van der Waals surface area (Å²) in [6.07, 6.45) is 0.769.